The number of ether oxygens (including phenoxy) is 1. The van der Waals surface area contributed by atoms with Gasteiger partial charge in [0.2, 0.25) is 0 Å². The van der Waals surface area contributed by atoms with Crippen molar-refractivity contribution in [2.75, 3.05) is 0 Å². The second kappa shape index (κ2) is 8.13. The predicted octanol–water partition coefficient (Wildman–Crippen LogP) is 4.34. The van der Waals surface area contributed by atoms with E-state index in [0.717, 1.165) is 31.3 Å². The van der Waals surface area contributed by atoms with Crippen LogP contribution in [0.2, 0.25) is 0 Å². The molecule has 4 nitrogen and oxygen atoms in total. The van der Waals surface area contributed by atoms with Crippen LogP contribution in [0.15, 0.2) is 47.1 Å². The molecule has 24 heavy (non-hydrogen) atoms. The molecule has 1 N–H and O–H groups in total. The monoisotopic (exact) mass is 330 g/mol. The van der Waals surface area contributed by atoms with Crippen molar-refractivity contribution in [3.63, 3.8) is 0 Å². The van der Waals surface area contributed by atoms with E-state index in [1.807, 2.05) is 26.0 Å². The third-order valence-corrected chi connectivity index (χ3v) is 4.76. The van der Waals surface area contributed by atoms with Gasteiger partial charge in [-0.25, -0.2) is 9.59 Å². The number of aliphatic carboxylic acids is 1. The fourth-order valence-corrected chi connectivity index (χ4v) is 3.21. The Hall–Kier alpha value is -2.10. The van der Waals surface area contributed by atoms with Crippen molar-refractivity contribution in [3.8, 4) is 0 Å². The van der Waals surface area contributed by atoms with Gasteiger partial charge in [0, 0.05) is 17.1 Å². The molecule has 1 heterocycles. The number of carboxylic acid groups (broad SMARTS) is 1. The topological polar surface area (TPSA) is 63.6 Å². The Kier molecular flexibility index (Phi) is 6.18. The summed E-state index contributed by atoms with van der Waals surface area (Å²) in [5.74, 6) is -1.10. The van der Waals surface area contributed by atoms with Gasteiger partial charge in [-0.2, -0.15) is 0 Å². The molecule has 2 rings (SSSR count). The van der Waals surface area contributed by atoms with Crippen molar-refractivity contribution < 1.29 is 19.4 Å². The zero-order chi connectivity index (χ0) is 17.7. The summed E-state index contributed by atoms with van der Waals surface area (Å²) in [4.78, 5) is 23.2. The van der Waals surface area contributed by atoms with Crippen LogP contribution < -0.4 is 0 Å². The first-order chi connectivity index (χ1) is 11.4. The van der Waals surface area contributed by atoms with E-state index in [0.29, 0.717) is 24.0 Å². The van der Waals surface area contributed by atoms with Crippen molar-refractivity contribution in [2.24, 2.45) is 5.92 Å². The molecule has 0 saturated carbocycles. The molecule has 0 spiro atoms. The molecule has 0 radical (unpaired) electrons. The lowest BCUT2D eigenvalue weighted by molar-refractivity contribution is -0.137. The van der Waals surface area contributed by atoms with Crippen LogP contribution in [0.4, 0.5) is 0 Å². The number of carbonyl (C=O) groups excluding carboxylic acids is 1. The van der Waals surface area contributed by atoms with Crippen molar-refractivity contribution in [3.05, 3.63) is 47.1 Å². The minimum absolute atomic E-state index is 0.0314. The summed E-state index contributed by atoms with van der Waals surface area (Å²) in [6, 6.07) is 0. The Balaban J connectivity index is 2.23. The van der Waals surface area contributed by atoms with E-state index in [1.54, 1.807) is 0 Å². The van der Waals surface area contributed by atoms with Crippen molar-refractivity contribution in [1.82, 2.24) is 0 Å². The zero-order valence-corrected chi connectivity index (χ0v) is 14.5. The molecular weight excluding hydrogens is 304 g/mol. The van der Waals surface area contributed by atoms with E-state index in [9.17, 15) is 14.7 Å². The summed E-state index contributed by atoms with van der Waals surface area (Å²) >= 11 is 0. The molecule has 0 aromatic heterocycles. The number of carbonyl (C=O) groups is 2. The summed E-state index contributed by atoms with van der Waals surface area (Å²) in [7, 11) is 0. The SMILES string of the molecule is C=C1C(=O)OC2C=C(C)CC/C=C(/C(=O)O)CC/C=C(/C)CCC12. The maximum absolute atomic E-state index is 11.8. The lowest BCUT2D eigenvalue weighted by Crippen LogP contribution is -2.15. The molecule has 2 unspecified atom stereocenters. The smallest absolute Gasteiger partial charge is 0.334 e. The summed E-state index contributed by atoms with van der Waals surface area (Å²) in [5.41, 5.74) is 3.36. The standard InChI is InChI=1S/C20H26O4/c1-13-6-4-8-16(19(21)22)9-5-7-14(2)12-18-17(11-10-13)15(3)20(23)24-18/h6,9,12,17-18H,3-5,7-8,10-11H2,1-2H3,(H,21,22)/b13-6-,14-12?,16-9+. The van der Waals surface area contributed by atoms with Gasteiger partial charge in [-0.15, -0.1) is 0 Å². The molecule has 0 amide bonds. The number of carboxylic acids is 1. The van der Waals surface area contributed by atoms with E-state index < -0.39 is 5.97 Å². The zero-order valence-electron chi connectivity index (χ0n) is 14.5. The highest BCUT2D eigenvalue weighted by atomic mass is 16.5. The molecule has 0 bridgehead atoms. The largest absolute Gasteiger partial charge is 0.478 e. The maximum atomic E-state index is 11.8. The Bertz CT molecular complexity index is 622. The quantitative estimate of drug-likeness (QED) is 0.441. The van der Waals surface area contributed by atoms with Crippen LogP contribution in [0, 0.1) is 5.92 Å². The van der Waals surface area contributed by atoms with Gasteiger partial charge in [-0.05, 0) is 58.4 Å². The average Bonchev–Trinajstić information content (AvgIpc) is 2.77. The van der Waals surface area contributed by atoms with Crippen LogP contribution >= 0.6 is 0 Å². The van der Waals surface area contributed by atoms with Crippen LogP contribution in [-0.4, -0.2) is 23.1 Å². The van der Waals surface area contributed by atoms with Crippen molar-refractivity contribution in [2.45, 2.75) is 58.5 Å². The Labute approximate surface area is 143 Å². The average molecular weight is 330 g/mol. The van der Waals surface area contributed by atoms with Gasteiger partial charge < -0.3 is 9.84 Å². The van der Waals surface area contributed by atoms with E-state index >= 15 is 0 Å². The third kappa shape index (κ3) is 4.70. The molecule has 1 fully saturated rings. The van der Waals surface area contributed by atoms with Crippen LogP contribution in [0.3, 0.4) is 0 Å². The number of allylic oxidation sites excluding steroid dienone is 4. The summed E-state index contributed by atoms with van der Waals surface area (Å²) in [6.45, 7) is 7.95. The minimum Gasteiger partial charge on any atom is -0.478 e. The second-order valence-corrected chi connectivity index (χ2v) is 6.72. The third-order valence-electron chi connectivity index (χ3n) is 4.76. The molecule has 2 aliphatic rings. The van der Waals surface area contributed by atoms with Crippen LogP contribution in [-0.2, 0) is 14.3 Å². The van der Waals surface area contributed by atoms with Gasteiger partial charge in [-0.3, -0.25) is 0 Å². The van der Waals surface area contributed by atoms with Crippen molar-refractivity contribution >= 4 is 11.9 Å². The van der Waals surface area contributed by atoms with Crippen molar-refractivity contribution in [1.29, 1.82) is 0 Å². The number of hydrogen-bond donors (Lipinski definition) is 1. The molecule has 1 saturated heterocycles. The summed E-state index contributed by atoms with van der Waals surface area (Å²) < 4.78 is 5.46. The normalized spacial score (nSPS) is 30.8. The Morgan fingerprint density at radius 1 is 1.17 bits per heavy atom. The highest BCUT2D eigenvalue weighted by Crippen LogP contribution is 2.33. The lowest BCUT2D eigenvalue weighted by atomic mass is 9.89. The lowest BCUT2D eigenvalue weighted by Gasteiger charge is -2.16. The first-order valence-corrected chi connectivity index (χ1v) is 8.53. The van der Waals surface area contributed by atoms with E-state index in [4.69, 9.17) is 4.74 Å². The van der Waals surface area contributed by atoms with Crippen LogP contribution in [0.5, 0.6) is 0 Å². The van der Waals surface area contributed by atoms with E-state index in [1.165, 1.54) is 5.57 Å². The molecule has 1 aliphatic heterocycles. The number of fused-ring (bicyclic) bond motifs is 1. The Morgan fingerprint density at radius 3 is 2.58 bits per heavy atom. The highest BCUT2D eigenvalue weighted by molar-refractivity contribution is 5.91. The van der Waals surface area contributed by atoms with E-state index in [-0.39, 0.29) is 18.0 Å². The molecule has 4 heteroatoms. The minimum atomic E-state index is -0.837. The fourth-order valence-electron chi connectivity index (χ4n) is 3.21. The van der Waals surface area contributed by atoms with Gasteiger partial charge in [0.25, 0.3) is 0 Å². The number of esters is 1. The molecule has 0 aromatic carbocycles. The molecule has 130 valence electrons. The van der Waals surface area contributed by atoms with Gasteiger partial charge in [0.1, 0.15) is 6.10 Å². The Morgan fingerprint density at radius 2 is 1.88 bits per heavy atom. The summed E-state index contributed by atoms with van der Waals surface area (Å²) in [5, 5.41) is 9.29. The van der Waals surface area contributed by atoms with Gasteiger partial charge in [0.05, 0.1) is 0 Å². The van der Waals surface area contributed by atoms with E-state index in [2.05, 4.69) is 12.7 Å². The molecule has 2 atom stereocenters. The maximum Gasteiger partial charge on any atom is 0.334 e. The van der Waals surface area contributed by atoms with Gasteiger partial charge in [0.15, 0.2) is 0 Å². The molecule has 1 aliphatic carbocycles. The molecular formula is C20H26O4. The first-order valence-electron chi connectivity index (χ1n) is 8.53. The van der Waals surface area contributed by atoms with Gasteiger partial charge in [-0.1, -0.05) is 29.9 Å². The summed E-state index contributed by atoms with van der Waals surface area (Å²) in [6.07, 6.45) is 10.1. The van der Waals surface area contributed by atoms with Crippen LogP contribution in [0.1, 0.15) is 52.4 Å². The number of hydrogen-bond acceptors (Lipinski definition) is 3. The first kappa shape index (κ1) is 18.2. The van der Waals surface area contributed by atoms with Gasteiger partial charge >= 0.3 is 11.9 Å². The second-order valence-electron chi connectivity index (χ2n) is 6.72. The fraction of sp³-hybridized carbons (Fsp3) is 0.500. The van der Waals surface area contributed by atoms with Crippen LogP contribution in [0.25, 0.3) is 0 Å². The number of rotatable bonds is 1. The predicted molar refractivity (Wildman–Crippen MR) is 93.4 cm³/mol. The highest BCUT2D eigenvalue weighted by Gasteiger charge is 2.36. The molecule has 0 aromatic rings.